The van der Waals surface area contributed by atoms with Crippen molar-refractivity contribution in [2.24, 2.45) is 0 Å². The molecule has 0 aliphatic carbocycles. The van der Waals surface area contributed by atoms with E-state index in [0.29, 0.717) is 19.6 Å². The second kappa shape index (κ2) is 6.20. The highest BCUT2D eigenvalue weighted by Crippen LogP contribution is 2.15. The third-order valence-corrected chi connectivity index (χ3v) is 2.59. The monoisotopic (exact) mass is 238 g/mol. The van der Waals surface area contributed by atoms with Gasteiger partial charge >= 0.3 is 5.97 Å². The average Bonchev–Trinajstić information content (AvgIpc) is 2.57. The maximum absolute atomic E-state index is 10.6. The molecule has 5 nitrogen and oxygen atoms in total. The summed E-state index contributed by atoms with van der Waals surface area (Å²) < 4.78 is 5.08. The fraction of sp³-hybridized carbons (Fsp3) is 0.500. The molecule has 0 bridgehead atoms. The molecule has 5 heteroatoms. The van der Waals surface area contributed by atoms with E-state index < -0.39 is 5.97 Å². The lowest BCUT2D eigenvalue weighted by atomic mass is 10.2. The van der Waals surface area contributed by atoms with Gasteiger partial charge in [0, 0.05) is 25.2 Å². The van der Waals surface area contributed by atoms with Gasteiger partial charge < -0.3 is 9.63 Å². The highest BCUT2D eigenvalue weighted by Gasteiger charge is 2.13. The highest BCUT2D eigenvalue weighted by atomic mass is 16.5. The zero-order valence-electron chi connectivity index (χ0n) is 10.3. The standard InChI is InChI=1S/C12H18N2O3/c1-4-6-14(7-5-12(15)16)8-11-9(2)13-17-10(11)3/h4H,1,5-8H2,2-3H3,(H,15,16). The minimum atomic E-state index is -0.794. The number of carboxylic acids is 1. The van der Waals surface area contributed by atoms with Crippen molar-refractivity contribution in [3.05, 3.63) is 29.7 Å². The Bertz CT molecular complexity index is 379. The maximum Gasteiger partial charge on any atom is 0.304 e. The van der Waals surface area contributed by atoms with Crippen molar-refractivity contribution in [1.29, 1.82) is 0 Å². The molecule has 0 aliphatic heterocycles. The molecule has 1 heterocycles. The summed E-state index contributed by atoms with van der Waals surface area (Å²) in [4.78, 5) is 12.6. The molecular weight excluding hydrogens is 220 g/mol. The SMILES string of the molecule is C=CCN(CCC(=O)O)Cc1c(C)noc1C. The Kier molecular flexibility index (Phi) is 4.90. The van der Waals surface area contributed by atoms with Gasteiger partial charge in [-0.1, -0.05) is 11.2 Å². The number of hydrogen-bond acceptors (Lipinski definition) is 4. The number of nitrogens with zero attached hydrogens (tertiary/aromatic N) is 2. The molecule has 1 N–H and O–H groups in total. The van der Waals surface area contributed by atoms with Crippen molar-refractivity contribution < 1.29 is 14.4 Å². The van der Waals surface area contributed by atoms with Gasteiger partial charge in [-0.2, -0.15) is 0 Å². The quantitative estimate of drug-likeness (QED) is 0.733. The van der Waals surface area contributed by atoms with Crippen LogP contribution in [0.4, 0.5) is 0 Å². The minimum absolute atomic E-state index is 0.122. The summed E-state index contributed by atoms with van der Waals surface area (Å²) in [7, 11) is 0. The van der Waals surface area contributed by atoms with Gasteiger partial charge in [0.1, 0.15) is 5.76 Å². The Morgan fingerprint density at radius 2 is 2.29 bits per heavy atom. The number of aliphatic carboxylic acids is 1. The van der Waals surface area contributed by atoms with Crippen LogP contribution in [0.3, 0.4) is 0 Å². The fourth-order valence-corrected chi connectivity index (χ4v) is 1.62. The molecule has 0 atom stereocenters. The predicted molar refractivity (Wildman–Crippen MR) is 63.7 cm³/mol. The van der Waals surface area contributed by atoms with Crippen LogP contribution in [-0.2, 0) is 11.3 Å². The zero-order valence-corrected chi connectivity index (χ0v) is 10.3. The van der Waals surface area contributed by atoms with Crippen LogP contribution >= 0.6 is 0 Å². The lowest BCUT2D eigenvalue weighted by Gasteiger charge is -2.19. The van der Waals surface area contributed by atoms with Crippen LogP contribution in [0.2, 0.25) is 0 Å². The second-order valence-electron chi connectivity index (χ2n) is 3.97. The molecule has 0 saturated heterocycles. The van der Waals surface area contributed by atoms with E-state index in [1.165, 1.54) is 0 Å². The molecule has 1 rings (SSSR count). The summed E-state index contributed by atoms with van der Waals surface area (Å²) in [5.74, 6) is -0.00953. The number of carboxylic acid groups (broad SMARTS) is 1. The van der Waals surface area contributed by atoms with E-state index in [4.69, 9.17) is 9.63 Å². The Balaban J connectivity index is 2.65. The molecule has 0 spiro atoms. The van der Waals surface area contributed by atoms with Crippen LogP contribution < -0.4 is 0 Å². The van der Waals surface area contributed by atoms with Gasteiger partial charge in [0.15, 0.2) is 0 Å². The summed E-state index contributed by atoms with van der Waals surface area (Å²) in [5, 5.41) is 12.6. The largest absolute Gasteiger partial charge is 0.481 e. The third-order valence-electron chi connectivity index (χ3n) is 2.59. The lowest BCUT2D eigenvalue weighted by Crippen LogP contribution is -2.26. The Morgan fingerprint density at radius 3 is 2.76 bits per heavy atom. The minimum Gasteiger partial charge on any atom is -0.481 e. The Labute approximate surface area is 101 Å². The molecule has 0 saturated carbocycles. The zero-order chi connectivity index (χ0) is 12.8. The molecule has 0 aromatic carbocycles. The third kappa shape index (κ3) is 4.03. The number of hydrogen-bond donors (Lipinski definition) is 1. The molecule has 1 aromatic heterocycles. The molecule has 0 unspecified atom stereocenters. The smallest absolute Gasteiger partial charge is 0.304 e. The van der Waals surface area contributed by atoms with Crippen molar-refractivity contribution in [2.75, 3.05) is 13.1 Å². The summed E-state index contributed by atoms with van der Waals surface area (Å²) in [5.41, 5.74) is 1.88. The molecule has 17 heavy (non-hydrogen) atoms. The molecule has 0 radical (unpaired) electrons. The predicted octanol–water partition coefficient (Wildman–Crippen LogP) is 1.75. The van der Waals surface area contributed by atoms with E-state index in [0.717, 1.165) is 17.0 Å². The van der Waals surface area contributed by atoms with Crippen molar-refractivity contribution >= 4 is 5.97 Å². The van der Waals surface area contributed by atoms with Crippen LogP contribution in [0.25, 0.3) is 0 Å². The van der Waals surface area contributed by atoms with E-state index in [9.17, 15) is 4.79 Å². The van der Waals surface area contributed by atoms with Gasteiger partial charge in [-0.3, -0.25) is 9.69 Å². The van der Waals surface area contributed by atoms with Crippen molar-refractivity contribution in [3.8, 4) is 0 Å². The first-order valence-corrected chi connectivity index (χ1v) is 5.51. The highest BCUT2D eigenvalue weighted by molar-refractivity contribution is 5.66. The Morgan fingerprint density at radius 1 is 1.59 bits per heavy atom. The topological polar surface area (TPSA) is 66.6 Å². The number of aryl methyl sites for hydroxylation is 2. The number of carbonyl (C=O) groups is 1. The summed E-state index contributed by atoms with van der Waals surface area (Å²) in [6.45, 7) is 9.20. The van der Waals surface area contributed by atoms with E-state index >= 15 is 0 Å². The van der Waals surface area contributed by atoms with Gasteiger partial charge in [0.25, 0.3) is 0 Å². The molecule has 0 aliphatic rings. The van der Waals surface area contributed by atoms with E-state index in [-0.39, 0.29) is 6.42 Å². The molecular formula is C12H18N2O3. The first-order chi connectivity index (χ1) is 8.04. The van der Waals surface area contributed by atoms with Crippen LogP contribution in [0.15, 0.2) is 17.2 Å². The summed E-state index contributed by atoms with van der Waals surface area (Å²) in [6.07, 6.45) is 1.89. The number of aromatic nitrogens is 1. The van der Waals surface area contributed by atoms with Crippen molar-refractivity contribution in [1.82, 2.24) is 10.1 Å². The first kappa shape index (κ1) is 13.4. The average molecular weight is 238 g/mol. The van der Waals surface area contributed by atoms with Crippen LogP contribution in [-0.4, -0.2) is 34.2 Å². The Hall–Kier alpha value is -1.62. The summed E-state index contributed by atoms with van der Waals surface area (Å²) in [6, 6.07) is 0. The summed E-state index contributed by atoms with van der Waals surface area (Å²) >= 11 is 0. The first-order valence-electron chi connectivity index (χ1n) is 5.51. The number of rotatable bonds is 7. The van der Waals surface area contributed by atoms with E-state index in [1.807, 2.05) is 18.7 Å². The molecule has 94 valence electrons. The van der Waals surface area contributed by atoms with Crippen LogP contribution in [0.1, 0.15) is 23.4 Å². The second-order valence-corrected chi connectivity index (χ2v) is 3.97. The lowest BCUT2D eigenvalue weighted by molar-refractivity contribution is -0.137. The normalized spacial score (nSPS) is 10.8. The molecule has 0 fully saturated rings. The van der Waals surface area contributed by atoms with Gasteiger partial charge in [0.05, 0.1) is 12.1 Å². The van der Waals surface area contributed by atoms with Crippen molar-refractivity contribution in [2.45, 2.75) is 26.8 Å². The van der Waals surface area contributed by atoms with Gasteiger partial charge in [-0.15, -0.1) is 6.58 Å². The fourth-order valence-electron chi connectivity index (χ4n) is 1.62. The van der Waals surface area contributed by atoms with Crippen LogP contribution in [0, 0.1) is 13.8 Å². The van der Waals surface area contributed by atoms with Crippen molar-refractivity contribution in [3.63, 3.8) is 0 Å². The van der Waals surface area contributed by atoms with E-state index in [1.54, 1.807) is 6.08 Å². The van der Waals surface area contributed by atoms with Gasteiger partial charge in [-0.25, -0.2) is 0 Å². The molecule has 0 amide bonds. The van der Waals surface area contributed by atoms with Crippen LogP contribution in [0.5, 0.6) is 0 Å². The van der Waals surface area contributed by atoms with Gasteiger partial charge in [0.2, 0.25) is 0 Å². The van der Waals surface area contributed by atoms with E-state index in [2.05, 4.69) is 11.7 Å². The molecule has 1 aromatic rings. The maximum atomic E-state index is 10.6. The van der Waals surface area contributed by atoms with Gasteiger partial charge in [-0.05, 0) is 13.8 Å².